The van der Waals surface area contributed by atoms with Gasteiger partial charge in [0.2, 0.25) is 0 Å². The number of H-pyrrole nitrogens is 1. The molecule has 4 nitrogen and oxygen atoms in total. The number of rotatable bonds is 6. The van der Waals surface area contributed by atoms with E-state index < -0.39 is 0 Å². The van der Waals surface area contributed by atoms with Gasteiger partial charge in [0.1, 0.15) is 5.82 Å². The van der Waals surface area contributed by atoms with E-state index in [9.17, 15) is 0 Å². The number of hydrogen-bond donors (Lipinski definition) is 2. The van der Waals surface area contributed by atoms with E-state index in [1.807, 2.05) is 6.20 Å². The molecule has 0 bridgehead atoms. The number of nitrogens with one attached hydrogen (secondary N) is 2. The molecule has 0 aliphatic heterocycles. The topological polar surface area (TPSA) is 49.9 Å². The van der Waals surface area contributed by atoms with Crippen molar-refractivity contribution in [2.45, 2.75) is 31.8 Å². The monoisotopic (exact) mass is 195 g/mol. The summed E-state index contributed by atoms with van der Waals surface area (Å²) >= 11 is 0. The molecule has 1 aromatic heterocycles. The second-order valence-electron chi connectivity index (χ2n) is 3.75. The third-order valence-electron chi connectivity index (χ3n) is 2.38. The van der Waals surface area contributed by atoms with Crippen LogP contribution in [0.5, 0.6) is 0 Å². The van der Waals surface area contributed by atoms with Crippen LogP contribution in [0.4, 0.5) is 0 Å². The van der Waals surface area contributed by atoms with Crippen LogP contribution in [0.2, 0.25) is 0 Å². The smallest absolute Gasteiger partial charge is 0.108 e. The lowest BCUT2D eigenvalue weighted by Gasteiger charge is -1.98. The fourth-order valence-corrected chi connectivity index (χ4v) is 1.36. The first-order valence-electron chi connectivity index (χ1n) is 5.13. The molecule has 14 heavy (non-hydrogen) atoms. The van der Waals surface area contributed by atoms with Crippen LogP contribution in [0.25, 0.3) is 0 Å². The lowest BCUT2D eigenvalue weighted by molar-refractivity contribution is 0.200. The predicted octanol–water partition coefficient (Wildman–Crippen LogP) is 0.851. The van der Waals surface area contributed by atoms with Crippen molar-refractivity contribution < 1.29 is 4.74 Å². The molecule has 0 saturated heterocycles. The minimum absolute atomic E-state index is 0.725. The van der Waals surface area contributed by atoms with Gasteiger partial charge in [-0.2, -0.15) is 0 Å². The van der Waals surface area contributed by atoms with E-state index in [1.54, 1.807) is 7.11 Å². The molecule has 0 unspecified atom stereocenters. The maximum atomic E-state index is 4.99. The number of ether oxygens (including phenoxy) is 1. The molecule has 0 spiro atoms. The van der Waals surface area contributed by atoms with Crippen molar-refractivity contribution in [3.8, 4) is 0 Å². The zero-order chi connectivity index (χ0) is 9.80. The highest BCUT2D eigenvalue weighted by molar-refractivity contribution is 5.02. The molecular weight excluding hydrogens is 178 g/mol. The Bertz CT molecular complexity index is 281. The first-order valence-corrected chi connectivity index (χ1v) is 5.13. The van der Waals surface area contributed by atoms with E-state index in [4.69, 9.17) is 4.74 Å². The van der Waals surface area contributed by atoms with Crippen LogP contribution in [-0.4, -0.2) is 29.7 Å². The molecule has 1 aromatic rings. The molecule has 1 fully saturated rings. The average molecular weight is 195 g/mol. The van der Waals surface area contributed by atoms with Gasteiger partial charge in [0, 0.05) is 38.0 Å². The number of aromatic amines is 1. The Hall–Kier alpha value is -0.870. The Balaban J connectivity index is 1.76. The van der Waals surface area contributed by atoms with Gasteiger partial charge in [0.25, 0.3) is 0 Å². The highest BCUT2D eigenvalue weighted by Crippen LogP contribution is 2.18. The summed E-state index contributed by atoms with van der Waals surface area (Å²) in [6, 6.07) is 0.751. The normalized spacial score (nSPS) is 16.1. The van der Waals surface area contributed by atoms with E-state index in [0.29, 0.717) is 0 Å². The summed E-state index contributed by atoms with van der Waals surface area (Å²) in [7, 11) is 1.71. The Morgan fingerprint density at radius 2 is 2.50 bits per heavy atom. The van der Waals surface area contributed by atoms with Crippen molar-refractivity contribution in [1.29, 1.82) is 0 Å². The highest BCUT2D eigenvalue weighted by Gasteiger charge is 2.20. The van der Waals surface area contributed by atoms with E-state index in [2.05, 4.69) is 15.3 Å². The molecule has 1 aliphatic carbocycles. The minimum Gasteiger partial charge on any atom is -0.384 e. The van der Waals surface area contributed by atoms with Gasteiger partial charge in [-0.1, -0.05) is 0 Å². The Labute approximate surface area is 84.1 Å². The van der Waals surface area contributed by atoms with Crippen LogP contribution in [0.3, 0.4) is 0 Å². The lowest BCUT2D eigenvalue weighted by atomic mass is 10.4. The maximum Gasteiger partial charge on any atom is 0.108 e. The maximum absolute atomic E-state index is 4.99. The van der Waals surface area contributed by atoms with Crippen LogP contribution < -0.4 is 5.32 Å². The molecule has 2 N–H and O–H groups in total. The average Bonchev–Trinajstić information content (AvgIpc) is 2.92. The largest absolute Gasteiger partial charge is 0.384 e. The SMILES string of the molecule is COCCc1ncc(CNC2CC2)[nH]1. The van der Waals surface area contributed by atoms with E-state index >= 15 is 0 Å². The minimum atomic E-state index is 0.725. The second kappa shape index (κ2) is 4.57. The molecule has 2 rings (SSSR count). The van der Waals surface area contributed by atoms with Crippen LogP contribution in [-0.2, 0) is 17.7 Å². The van der Waals surface area contributed by atoms with Gasteiger partial charge in [0.15, 0.2) is 0 Å². The number of hydrogen-bond acceptors (Lipinski definition) is 3. The van der Waals surface area contributed by atoms with Crippen molar-refractivity contribution in [3.05, 3.63) is 17.7 Å². The van der Waals surface area contributed by atoms with Gasteiger partial charge in [-0.15, -0.1) is 0 Å². The molecule has 4 heteroatoms. The summed E-state index contributed by atoms with van der Waals surface area (Å²) in [5, 5.41) is 3.44. The van der Waals surface area contributed by atoms with Gasteiger partial charge >= 0.3 is 0 Å². The van der Waals surface area contributed by atoms with Crippen LogP contribution in [0.15, 0.2) is 6.20 Å². The summed E-state index contributed by atoms with van der Waals surface area (Å²) in [6.45, 7) is 1.63. The van der Waals surface area contributed by atoms with Crippen LogP contribution in [0.1, 0.15) is 24.4 Å². The Morgan fingerprint density at radius 3 is 3.21 bits per heavy atom. The molecule has 78 valence electrons. The molecule has 1 heterocycles. The number of aromatic nitrogens is 2. The summed E-state index contributed by atoms with van der Waals surface area (Å²) < 4.78 is 4.99. The van der Waals surface area contributed by atoms with Gasteiger partial charge in [-0.05, 0) is 12.8 Å². The molecule has 1 aliphatic rings. The van der Waals surface area contributed by atoms with Gasteiger partial charge in [-0.3, -0.25) is 0 Å². The number of imidazole rings is 1. The van der Waals surface area contributed by atoms with Crippen LogP contribution in [0, 0.1) is 0 Å². The zero-order valence-corrected chi connectivity index (χ0v) is 8.55. The third-order valence-corrected chi connectivity index (χ3v) is 2.38. The van der Waals surface area contributed by atoms with Crippen LogP contribution >= 0.6 is 0 Å². The highest BCUT2D eigenvalue weighted by atomic mass is 16.5. The molecule has 0 aromatic carbocycles. The predicted molar refractivity (Wildman–Crippen MR) is 54.0 cm³/mol. The summed E-state index contributed by atoms with van der Waals surface area (Å²) in [4.78, 5) is 7.55. The molecule has 0 radical (unpaired) electrons. The van der Waals surface area contributed by atoms with E-state index in [1.165, 1.54) is 18.5 Å². The molecular formula is C10H17N3O. The molecule has 0 amide bonds. The van der Waals surface area contributed by atoms with Crippen molar-refractivity contribution in [2.24, 2.45) is 0 Å². The lowest BCUT2D eigenvalue weighted by Crippen LogP contribution is -2.15. The first kappa shape index (κ1) is 9.68. The van der Waals surface area contributed by atoms with Gasteiger partial charge < -0.3 is 15.0 Å². The summed E-state index contributed by atoms with van der Waals surface area (Å²) in [5.74, 6) is 1.01. The van der Waals surface area contributed by atoms with Crippen molar-refractivity contribution in [1.82, 2.24) is 15.3 Å². The first-order chi connectivity index (χ1) is 6.88. The number of nitrogens with zero attached hydrogens (tertiary/aromatic N) is 1. The van der Waals surface area contributed by atoms with Gasteiger partial charge in [0.05, 0.1) is 6.61 Å². The summed E-state index contributed by atoms with van der Waals surface area (Å²) in [5.41, 5.74) is 1.17. The fraction of sp³-hybridized carbons (Fsp3) is 0.700. The third kappa shape index (κ3) is 2.82. The molecule has 0 atom stereocenters. The number of methoxy groups -OCH3 is 1. The fourth-order valence-electron chi connectivity index (χ4n) is 1.36. The van der Waals surface area contributed by atoms with Crippen molar-refractivity contribution in [3.63, 3.8) is 0 Å². The van der Waals surface area contributed by atoms with E-state index in [0.717, 1.165) is 31.4 Å². The molecule has 1 saturated carbocycles. The quantitative estimate of drug-likeness (QED) is 0.707. The van der Waals surface area contributed by atoms with Crippen molar-refractivity contribution in [2.75, 3.05) is 13.7 Å². The zero-order valence-electron chi connectivity index (χ0n) is 8.55. The van der Waals surface area contributed by atoms with E-state index in [-0.39, 0.29) is 0 Å². The second-order valence-corrected chi connectivity index (χ2v) is 3.75. The Morgan fingerprint density at radius 1 is 1.64 bits per heavy atom. The standard InChI is InChI=1S/C10H17N3O/c1-14-5-4-10-12-7-9(13-10)6-11-8-2-3-8/h7-8,11H,2-6H2,1H3,(H,12,13). The van der Waals surface area contributed by atoms with Crippen molar-refractivity contribution >= 4 is 0 Å². The van der Waals surface area contributed by atoms with Gasteiger partial charge in [-0.25, -0.2) is 4.98 Å². The Kier molecular flexibility index (Phi) is 3.16. The summed E-state index contributed by atoms with van der Waals surface area (Å²) in [6.07, 6.45) is 5.41.